The van der Waals surface area contributed by atoms with Gasteiger partial charge in [-0.05, 0) is 125 Å². The zero-order valence-corrected chi connectivity index (χ0v) is 38.0. The van der Waals surface area contributed by atoms with E-state index >= 15 is 0 Å². The number of aliphatic imine (C=N–C) groups is 2. The van der Waals surface area contributed by atoms with Gasteiger partial charge in [0.2, 0.25) is 0 Å². The SMILES string of the molecule is C1=CCC2C(=C1)C=c1c(c3c(n1-c1ccc(C4=NC(C5=CCCC=C5c5ccccc5)=NC(c5cccc6ccccc56)N4)cc1)CCC=C3)=C2N1c2ccc3ccccc3c2C2C=CCCC21. The zero-order chi connectivity index (χ0) is 44.7. The highest BCUT2D eigenvalue weighted by Crippen LogP contribution is 2.52. The second kappa shape index (κ2) is 16.0. The van der Waals surface area contributed by atoms with Crippen LogP contribution in [0.15, 0.2) is 203 Å². The molecule has 6 aromatic carbocycles. The van der Waals surface area contributed by atoms with Crippen molar-refractivity contribution in [2.24, 2.45) is 15.9 Å². The third-order valence-electron chi connectivity index (χ3n) is 15.5. The van der Waals surface area contributed by atoms with E-state index in [2.05, 4.69) is 209 Å². The van der Waals surface area contributed by atoms with Gasteiger partial charge in [0.15, 0.2) is 5.84 Å². The van der Waals surface area contributed by atoms with Crippen LogP contribution in [0.5, 0.6) is 0 Å². The Labute approximate surface area is 397 Å². The summed E-state index contributed by atoms with van der Waals surface area (Å²) in [6.45, 7) is 0. The molecule has 3 heterocycles. The van der Waals surface area contributed by atoms with E-state index in [1.807, 2.05) is 0 Å². The zero-order valence-electron chi connectivity index (χ0n) is 38.0. The number of anilines is 1. The van der Waals surface area contributed by atoms with E-state index < -0.39 is 0 Å². The monoisotopic (exact) mass is 877 g/mol. The van der Waals surface area contributed by atoms with Gasteiger partial charge < -0.3 is 14.8 Å². The normalized spacial score (nSPS) is 22.1. The van der Waals surface area contributed by atoms with Crippen molar-refractivity contribution in [1.82, 2.24) is 9.88 Å². The maximum Gasteiger partial charge on any atom is 0.159 e. The molecular formula is C63H51N5. The van der Waals surface area contributed by atoms with Crippen molar-refractivity contribution in [2.75, 3.05) is 4.90 Å². The summed E-state index contributed by atoms with van der Waals surface area (Å²) in [7, 11) is 0. The Morgan fingerprint density at radius 3 is 2.34 bits per heavy atom. The second-order valence-electron chi connectivity index (χ2n) is 19.3. The molecule has 0 saturated heterocycles. The first-order valence-electron chi connectivity index (χ1n) is 24.7. The summed E-state index contributed by atoms with van der Waals surface area (Å²) in [6.07, 6.45) is 30.9. The molecule has 68 heavy (non-hydrogen) atoms. The van der Waals surface area contributed by atoms with Crippen LogP contribution >= 0.6 is 0 Å². The van der Waals surface area contributed by atoms with Crippen molar-refractivity contribution in [3.8, 4) is 5.69 Å². The molecule has 4 unspecified atom stereocenters. The van der Waals surface area contributed by atoms with E-state index in [0.29, 0.717) is 12.0 Å². The number of hydrogen-bond acceptors (Lipinski definition) is 4. The van der Waals surface area contributed by atoms with E-state index in [9.17, 15) is 0 Å². The molecule has 5 heteroatoms. The Morgan fingerprint density at radius 2 is 1.46 bits per heavy atom. The minimum atomic E-state index is -0.319. The van der Waals surface area contributed by atoms with Gasteiger partial charge in [-0.1, -0.05) is 158 Å². The topological polar surface area (TPSA) is 44.9 Å². The quantitative estimate of drug-likeness (QED) is 0.169. The van der Waals surface area contributed by atoms with Crippen LogP contribution in [0.1, 0.15) is 84.1 Å². The third kappa shape index (κ3) is 6.21. The predicted molar refractivity (Wildman–Crippen MR) is 282 cm³/mol. The molecule has 7 aromatic rings. The Morgan fingerprint density at radius 1 is 0.662 bits per heavy atom. The van der Waals surface area contributed by atoms with E-state index in [1.165, 1.54) is 82.7 Å². The number of amidine groups is 2. The lowest BCUT2D eigenvalue weighted by Crippen LogP contribution is -2.46. The maximum absolute atomic E-state index is 5.43. The van der Waals surface area contributed by atoms with Gasteiger partial charge >= 0.3 is 0 Å². The van der Waals surface area contributed by atoms with Gasteiger partial charge in [-0.15, -0.1) is 0 Å². The molecule has 1 N–H and O–H groups in total. The van der Waals surface area contributed by atoms with Crippen LogP contribution in [0.25, 0.3) is 50.7 Å². The summed E-state index contributed by atoms with van der Waals surface area (Å²) in [5.74, 6) is 2.24. The number of fused-ring (bicyclic) bond motifs is 10. The molecule has 1 aromatic heterocycles. The van der Waals surface area contributed by atoms with Crippen LogP contribution in [0.4, 0.5) is 5.69 Å². The van der Waals surface area contributed by atoms with Crippen LogP contribution in [0, 0.1) is 5.92 Å². The highest BCUT2D eigenvalue weighted by atomic mass is 15.2. The van der Waals surface area contributed by atoms with Gasteiger partial charge in [-0.2, -0.15) is 0 Å². The molecule has 0 fully saturated rings. The van der Waals surface area contributed by atoms with E-state index in [1.54, 1.807) is 0 Å². The minimum absolute atomic E-state index is 0.284. The van der Waals surface area contributed by atoms with E-state index in [-0.39, 0.29) is 12.1 Å². The lowest BCUT2D eigenvalue weighted by molar-refractivity contribution is 0.555. The van der Waals surface area contributed by atoms with Crippen LogP contribution in [0.3, 0.4) is 0 Å². The smallest absolute Gasteiger partial charge is 0.159 e. The first-order chi connectivity index (χ1) is 33.7. The number of allylic oxidation sites excluding steroid dienone is 7. The molecule has 7 aliphatic rings. The summed E-state index contributed by atoms with van der Waals surface area (Å²) < 4.78 is 2.59. The standard InChI is InChI=1S/C63H51N5/c1-2-17-40(18-3-1)46-24-10-11-27-50(46)62-64-61(65-63(66-62)51-30-16-22-41-19-4-7-23-47(41)51)43-33-36-45(37-34-43)67-54-31-14-13-29-53(54)59-57(67)39-44-21-6-9-26-49(44)60(59)68-55-32-15-12-28-52(55)58-48-25-8-5-20-42(48)35-38-56(58)68/h1-9,12-13,16-25,27-30,33-39,49,52,55,63H,10-11,14-15,26,31-32H2,(H,64,65,66). The highest BCUT2D eigenvalue weighted by Gasteiger charge is 2.44. The van der Waals surface area contributed by atoms with Crippen molar-refractivity contribution in [3.05, 3.63) is 237 Å². The minimum Gasteiger partial charge on any atom is -0.344 e. The van der Waals surface area contributed by atoms with Gasteiger partial charge in [0, 0.05) is 68.1 Å². The number of nitrogens with one attached hydrogen (secondary N) is 1. The lowest BCUT2D eigenvalue weighted by Gasteiger charge is -2.38. The van der Waals surface area contributed by atoms with Gasteiger partial charge in [0.25, 0.3) is 0 Å². The second-order valence-corrected chi connectivity index (χ2v) is 19.3. The fourth-order valence-corrected chi connectivity index (χ4v) is 12.5. The molecule has 5 aliphatic carbocycles. The molecule has 4 atom stereocenters. The average molecular weight is 878 g/mol. The number of aromatic nitrogens is 1. The van der Waals surface area contributed by atoms with Crippen LogP contribution in [-0.2, 0) is 6.42 Å². The summed E-state index contributed by atoms with van der Waals surface area (Å²) in [6, 6.07) is 49.2. The van der Waals surface area contributed by atoms with Crippen molar-refractivity contribution in [3.63, 3.8) is 0 Å². The maximum atomic E-state index is 5.43. The molecule has 0 saturated carbocycles. The Kier molecular flexibility index (Phi) is 9.24. The van der Waals surface area contributed by atoms with Gasteiger partial charge in [-0.3, -0.25) is 0 Å². The van der Waals surface area contributed by atoms with Crippen molar-refractivity contribution in [2.45, 2.75) is 63.1 Å². The number of hydrogen-bond donors (Lipinski definition) is 1. The van der Waals surface area contributed by atoms with Crippen LogP contribution in [0.2, 0.25) is 0 Å². The lowest BCUT2D eigenvalue weighted by atomic mass is 9.81. The van der Waals surface area contributed by atoms with Crippen LogP contribution in [-0.4, -0.2) is 22.3 Å². The molecular weight excluding hydrogens is 827 g/mol. The molecule has 0 spiro atoms. The van der Waals surface area contributed by atoms with Gasteiger partial charge in [0.05, 0.1) is 5.35 Å². The molecule has 0 amide bonds. The highest BCUT2D eigenvalue weighted by molar-refractivity contribution is 6.19. The number of rotatable bonds is 6. The molecule has 2 aliphatic heterocycles. The van der Waals surface area contributed by atoms with E-state index in [0.717, 1.165) is 73.3 Å². The summed E-state index contributed by atoms with van der Waals surface area (Å²) in [5.41, 5.74) is 15.4. The molecule has 328 valence electrons. The Balaban J connectivity index is 0.923. The van der Waals surface area contributed by atoms with Gasteiger partial charge in [-0.25, -0.2) is 9.98 Å². The predicted octanol–water partition coefficient (Wildman–Crippen LogP) is 12.7. The summed E-state index contributed by atoms with van der Waals surface area (Å²) in [4.78, 5) is 13.7. The number of nitrogens with zero attached hydrogens (tertiary/aromatic N) is 4. The molecule has 14 rings (SSSR count). The van der Waals surface area contributed by atoms with E-state index in [4.69, 9.17) is 9.98 Å². The van der Waals surface area contributed by atoms with Crippen molar-refractivity contribution >= 4 is 62.3 Å². The molecule has 5 nitrogen and oxygen atoms in total. The third-order valence-corrected chi connectivity index (χ3v) is 15.5. The van der Waals surface area contributed by atoms with Gasteiger partial charge in [0.1, 0.15) is 12.0 Å². The fraction of sp³-hybridized carbons (Fsp3) is 0.175. The number of benzene rings is 6. The Bertz CT molecular complexity index is 3640. The largest absolute Gasteiger partial charge is 0.344 e. The summed E-state index contributed by atoms with van der Waals surface area (Å²) >= 11 is 0. The fourth-order valence-electron chi connectivity index (χ4n) is 12.5. The van der Waals surface area contributed by atoms with Crippen LogP contribution < -0.4 is 20.8 Å². The average Bonchev–Trinajstić information content (AvgIpc) is 3.93. The van der Waals surface area contributed by atoms with Crippen molar-refractivity contribution in [1.29, 1.82) is 0 Å². The first-order valence-corrected chi connectivity index (χ1v) is 24.7. The molecule has 0 radical (unpaired) electrons. The Hall–Kier alpha value is -7.76. The summed E-state index contributed by atoms with van der Waals surface area (Å²) in [5, 5.41) is 11.6. The first kappa shape index (κ1) is 39.4. The molecule has 0 bridgehead atoms. The van der Waals surface area contributed by atoms with Crippen molar-refractivity contribution < 1.29 is 0 Å².